The van der Waals surface area contributed by atoms with E-state index in [1.165, 1.54) is 0 Å². The van der Waals surface area contributed by atoms with Crippen LogP contribution in [-0.4, -0.2) is 6.03 Å². The maximum atomic E-state index is 13.7. The predicted molar refractivity (Wildman–Crippen MR) is 83.1 cm³/mol. The molecule has 3 nitrogen and oxygen atoms in total. The highest BCUT2D eigenvalue weighted by Gasteiger charge is 2.31. The summed E-state index contributed by atoms with van der Waals surface area (Å²) in [5, 5.41) is 5.00. The maximum absolute atomic E-state index is 13.7. The molecule has 128 valence electrons. The second-order valence-electron chi connectivity index (χ2n) is 5.17. The molecular formula is C17H16F4N2O. The Kier molecular flexibility index (Phi) is 5.43. The van der Waals surface area contributed by atoms with Crippen molar-refractivity contribution in [3.8, 4) is 0 Å². The molecule has 0 saturated carbocycles. The third kappa shape index (κ3) is 4.71. The molecule has 0 unspecified atom stereocenters. The first-order valence-electron chi connectivity index (χ1n) is 7.29. The van der Waals surface area contributed by atoms with Gasteiger partial charge in [-0.1, -0.05) is 25.1 Å². The number of amides is 2. The second kappa shape index (κ2) is 7.33. The van der Waals surface area contributed by atoms with Gasteiger partial charge in [0.05, 0.1) is 5.56 Å². The maximum Gasteiger partial charge on any atom is 0.416 e. The molecule has 0 aromatic heterocycles. The second-order valence-corrected chi connectivity index (χ2v) is 5.17. The minimum absolute atomic E-state index is 0.0274. The van der Waals surface area contributed by atoms with Crippen molar-refractivity contribution in [3.63, 3.8) is 0 Å². The molecule has 0 aliphatic carbocycles. The molecule has 0 fully saturated rings. The van der Waals surface area contributed by atoms with Crippen molar-refractivity contribution in [2.75, 3.05) is 5.32 Å². The number of nitrogens with one attached hydrogen (secondary N) is 2. The molecule has 0 heterocycles. The largest absolute Gasteiger partial charge is 0.416 e. The van der Waals surface area contributed by atoms with E-state index in [0.717, 1.165) is 24.1 Å². The fraction of sp³-hybridized carbons (Fsp3) is 0.235. The summed E-state index contributed by atoms with van der Waals surface area (Å²) >= 11 is 0. The van der Waals surface area contributed by atoms with Gasteiger partial charge in [-0.3, -0.25) is 0 Å². The van der Waals surface area contributed by atoms with Gasteiger partial charge in [-0.15, -0.1) is 0 Å². The highest BCUT2D eigenvalue weighted by Crippen LogP contribution is 2.30. The number of anilines is 1. The van der Waals surface area contributed by atoms with Crippen molar-refractivity contribution in [1.82, 2.24) is 5.32 Å². The topological polar surface area (TPSA) is 41.1 Å². The van der Waals surface area contributed by atoms with Crippen LogP contribution >= 0.6 is 0 Å². The minimum Gasteiger partial charge on any atom is -0.334 e. The van der Waals surface area contributed by atoms with Crippen LogP contribution in [0.15, 0.2) is 42.5 Å². The molecule has 0 saturated heterocycles. The van der Waals surface area contributed by atoms with Gasteiger partial charge < -0.3 is 10.6 Å². The first-order chi connectivity index (χ1) is 11.3. The summed E-state index contributed by atoms with van der Waals surface area (Å²) in [7, 11) is 0. The molecule has 2 amide bonds. The Morgan fingerprint density at radius 1 is 1.12 bits per heavy atom. The van der Waals surface area contributed by atoms with Gasteiger partial charge in [0.1, 0.15) is 5.82 Å². The van der Waals surface area contributed by atoms with Gasteiger partial charge in [0.2, 0.25) is 0 Å². The zero-order chi connectivity index (χ0) is 17.7. The van der Waals surface area contributed by atoms with E-state index >= 15 is 0 Å². The zero-order valence-corrected chi connectivity index (χ0v) is 12.9. The van der Waals surface area contributed by atoms with Crippen LogP contribution in [0.4, 0.5) is 28.0 Å². The highest BCUT2D eigenvalue weighted by molar-refractivity contribution is 5.89. The van der Waals surface area contributed by atoms with E-state index in [2.05, 4.69) is 10.6 Å². The Hall–Kier alpha value is -2.57. The van der Waals surface area contributed by atoms with E-state index in [1.807, 2.05) is 13.0 Å². The predicted octanol–water partition coefficient (Wildman–Crippen LogP) is 4.73. The molecule has 0 atom stereocenters. The van der Waals surface area contributed by atoms with Gasteiger partial charge in [-0.2, -0.15) is 13.2 Å². The molecule has 0 aliphatic rings. The molecule has 2 aromatic rings. The summed E-state index contributed by atoms with van der Waals surface area (Å²) in [6.45, 7) is 1.76. The Bertz CT molecular complexity index is 729. The molecule has 2 rings (SSSR count). The lowest BCUT2D eigenvalue weighted by atomic mass is 10.1. The number of hydrogen-bond acceptors (Lipinski definition) is 1. The van der Waals surface area contributed by atoms with Crippen molar-refractivity contribution in [2.24, 2.45) is 0 Å². The lowest BCUT2D eigenvalue weighted by Crippen LogP contribution is -2.28. The first-order valence-corrected chi connectivity index (χ1v) is 7.29. The average molecular weight is 340 g/mol. The van der Waals surface area contributed by atoms with Crippen molar-refractivity contribution in [2.45, 2.75) is 26.1 Å². The molecule has 24 heavy (non-hydrogen) atoms. The van der Waals surface area contributed by atoms with Crippen LogP contribution in [0, 0.1) is 5.82 Å². The van der Waals surface area contributed by atoms with E-state index in [9.17, 15) is 22.4 Å². The molecule has 0 aliphatic heterocycles. The quantitative estimate of drug-likeness (QED) is 0.776. The van der Waals surface area contributed by atoms with Gasteiger partial charge in [-0.25, -0.2) is 9.18 Å². The Morgan fingerprint density at radius 2 is 1.88 bits per heavy atom. The minimum atomic E-state index is -4.60. The number of carbonyl (C=O) groups excluding carboxylic acids is 1. The first kappa shape index (κ1) is 17.8. The van der Waals surface area contributed by atoms with Crippen molar-refractivity contribution < 1.29 is 22.4 Å². The van der Waals surface area contributed by atoms with Crippen molar-refractivity contribution in [1.29, 1.82) is 0 Å². The number of carbonyl (C=O) groups is 1. The van der Waals surface area contributed by atoms with Crippen LogP contribution in [-0.2, 0) is 19.1 Å². The summed E-state index contributed by atoms with van der Waals surface area (Å²) in [5.41, 5.74) is 0.534. The fourth-order valence-electron chi connectivity index (χ4n) is 2.09. The number of hydrogen-bond donors (Lipinski definition) is 2. The van der Waals surface area contributed by atoms with Crippen LogP contribution < -0.4 is 10.6 Å². The molecule has 2 N–H and O–H groups in total. The van der Waals surface area contributed by atoms with Crippen LogP contribution in [0.3, 0.4) is 0 Å². The number of aryl methyl sites for hydroxylation is 1. The van der Waals surface area contributed by atoms with Crippen LogP contribution in [0.1, 0.15) is 23.6 Å². The van der Waals surface area contributed by atoms with Crippen LogP contribution in [0.2, 0.25) is 0 Å². The van der Waals surface area contributed by atoms with Gasteiger partial charge in [0.25, 0.3) is 0 Å². The van der Waals surface area contributed by atoms with Crippen LogP contribution in [0.25, 0.3) is 0 Å². The molecule has 0 bridgehead atoms. The van der Waals surface area contributed by atoms with Gasteiger partial charge in [0.15, 0.2) is 0 Å². The molecular weight excluding hydrogens is 324 g/mol. The summed E-state index contributed by atoms with van der Waals surface area (Å²) in [6, 6.07) is 8.86. The lowest BCUT2D eigenvalue weighted by Gasteiger charge is -2.11. The third-order valence-electron chi connectivity index (χ3n) is 3.41. The number of urea groups is 1. The Morgan fingerprint density at radius 3 is 2.50 bits per heavy atom. The smallest absolute Gasteiger partial charge is 0.334 e. The van der Waals surface area contributed by atoms with Gasteiger partial charge in [0, 0.05) is 17.8 Å². The lowest BCUT2D eigenvalue weighted by molar-refractivity contribution is -0.137. The molecule has 0 radical (unpaired) electrons. The number of halogens is 4. The monoisotopic (exact) mass is 340 g/mol. The van der Waals surface area contributed by atoms with E-state index in [1.54, 1.807) is 18.2 Å². The summed E-state index contributed by atoms with van der Waals surface area (Å²) in [5.74, 6) is -1.02. The Labute approximate surface area is 136 Å². The van der Waals surface area contributed by atoms with E-state index < -0.39 is 23.6 Å². The van der Waals surface area contributed by atoms with Gasteiger partial charge >= 0.3 is 12.2 Å². The third-order valence-corrected chi connectivity index (χ3v) is 3.41. The fourth-order valence-corrected chi connectivity index (χ4v) is 2.09. The Balaban J connectivity index is 1.96. The molecule has 7 heteroatoms. The average Bonchev–Trinajstić information content (AvgIpc) is 2.53. The zero-order valence-electron chi connectivity index (χ0n) is 12.9. The number of alkyl halides is 3. The highest BCUT2D eigenvalue weighted by atomic mass is 19.4. The summed E-state index contributed by atoms with van der Waals surface area (Å²) in [6.07, 6.45) is -3.79. The summed E-state index contributed by atoms with van der Waals surface area (Å²) < 4.78 is 51.1. The van der Waals surface area contributed by atoms with E-state index in [0.29, 0.717) is 11.8 Å². The summed E-state index contributed by atoms with van der Waals surface area (Å²) in [4.78, 5) is 11.8. The van der Waals surface area contributed by atoms with Gasteiger partial charge in [-0.05, 0) is 36.2 Å². The standard InChI is InChI=1S/C17H16F4N2O/c1-2-11-4-3-5-14(8-11)23-16(24)22-10-12-6-7-13(9-15(12)18)17(19,20)21/h3-9H,2,10H2,1H3,(H2,22,23,24). The van der Waals surface area contributed by atoms with Crippen LogP contribution in [0.5, 0.6) is 0 Å². The molecule has 2 aromatic carbocycles. The van der Waals surface area contributed by atoms with Crippen molar-refractivity contribution in [3.05, 3.63) is 65.0 Å². The van der Waals surface area contributed by atoms with E-state index in [4.69, 9.17) is 0 Å². The van der Waals surface area contributed by atoms with E-state index in [-0.39, 0.29) is 12.1 Å². The SMILES string of the molecule is CCc1cccc(NC(=O)NCc2ccc(C(F)(F)F)cc2F)c1. The number of benzene rings is 2. The number of rotatable bonds is 4. The molecule has 0 spiro atoms. The van der Waals surface area contributed by atoms with Crippen molar-refractivity contribution >= 4 is 11.7 Å². The normalized spacial score (nSPS) is 11.2.